The van der Waals surface area contributed by atoms with Crippen molar-refractivity contribution in [3.63, 3.8) is 0 Å². The second-order valence-corrected chi connectivity index (χ2v) is 6.59. The minimum atomic E-state index is -0.133. The maximum atomic E-state index is 12.4. The second-order valence-electron chi connectivity index (χ2n) is 6.59. The molecule has 24 heavy (non-hydrogen) atoms. The molecule has 0 saturated carbocycles. The minimum absolute atomic E-state index is 0.111. The zero-order chi connectivity index (χ0) is 16.7. The summed E-state index contributed by atoms with van der Waals surface area (Å²) in [5.41, 5.74) is 5.54. The third-order valence-electron chi connectivity index (χ3n) is 4.79. The number of amides is 1. The van der Waals surface area contributed by atoms with Gasteiger partial charge in [0.05, 0.1) is 0 Å². The summed E-state index contributed by atoms with van der Waals surface area (Å²) in [6.07, 6.45) is 2.70. The highest BCUT2D eigenvalue weighted by Crippen LogP contribution is 2.30. The van der Waals surface area contributed by atoms with Gasteiger partial charge >= 0.3 is 0 Å². The molecule has 3 aromatic rings. The molecule has 122 valence electrons. The zero-order valence-electron chi connectivity index (χ0n) is 13.6. The summed E-state index contributed by atoms with van der Waals surface area (Å²) in [7, 11) is 0. The molecule has 4 rings (SSSR count). The Hall–Kier alpha value is -2.75. The van der Waals surface area contributed by atoms with Crippen molar-refractivity contribution in [2.24, 2.45) is 0 Å². The number of aromatic amines is 1. The Bertz CT molecular complexity index is 927. The van der Waals surface area contributed by atoms with Crippen molar-refractivity contribution in [2.45, 2.75) is 32.2 Å². The molecule has 0 bridgehead atoms. The normalized spacial score (nSPS) is 16.8. The highest BCUT2D eigenvalue weighted by atomic mass is 16.3. The van der Waals surface area contributed by atoms with Crippen LogP contribution in [0.5, 0.6) is 5.75 Å². The summed E-state index contributed by atoms with van der Waals surface area (Å²) in [5.74, 6) is -0.0223. The van der Waals surface area contributed by atoms with E-state index < -0.39 is 0 Å². The first-order chi connectivity index (χ1) is 11.6. The fourth-order valence-electron chi connectivity index (χ4n) is 3.58. The molecular formula is C20H20N2O2. The van der Waals surface area contributed by atoms with Gasteiger partial charge in [0.1, 0.15) is 5.75 Å². The van der Waals surface area contributed by atoms with E-state index in [1.54, 1.807) is 18.2 Å². The lowest BCUT2D eigenvalue weighted by Crippen LogP contribution is -2.38. The number of H-pyrrole nitrogens is 1. The van der Waals surface area contributed by atoms with Crippen molar-refractivity contribution in [2.75, 3.05) is 0 Å². The molecular weight excluding hydrogens is 300 g/mol. The largest absolute Gasteiger partial charge is 0.508 e. The molecule has 0 spiro atoms. The topological polar surface area (TPSA) is 65.1 Å². The number of nitrogens with one attached hydrogen (secondary N) is 2. The lowest BCUT2D eigenvalue weighted by molar-refractivity contribution is 0.0933. The average molecular weight is 320 g/mol. The van der Waals surface area contributed by atoms with Gasteiger partial charge in [-0.25, -0.2) is 0 Å². The SMILES string of the molecule is Cc1ccc2[nH]c3c(c2c1)CCC(NC(=O)c1cccc(O)c1)C3. The summed E-state index contributed by atoms with van der Waals surface area (Å²) >= 11 is 0. The maximum absolute atomic E-state index is 12.4. The van der Waals surface area contributed by atoms with Gasteiger partial charge in [0.2, 0.25) is 0 Å². The van der Waals surface area contributed by atoms with E-state index >= 15 is 0 Å². The van der Waals surface area contributed by atoms with E-state index in [1.807, 2.05) is 0 Å². The first kappa shape index (κ1) is 14.8. The number of phenols is 1. The minimum Gasteiger partial charge on any atom is -0.508 e. The number of aromatic nitrogens is 1. The van der Waals surface area contributed by atoms with E-state index in [4.69, 9.17) is 0 Å². The smallest absolute Gasteiger partial charge is 0.251 e. The number of aryl methyl sites for hydroxylation is 2. The van der Waals surface area contributed by atoms with Crippen LogP contribution in [0, 0.1) is 6.92 Å². The molecule has 1 amide bonds. The number of rotatable bonds is 2. The number of carbonyl (C=O) groups is 1. The van der Waals surface area contributed by atoms with Gasteiger partial charge in [0, 0.05) is 34.6 Å². The van der Waals surface area contributed by atoms with Gasteiger partial charge in [-0.15, -0.1) is 0 Å². The molecule has 1 aliphatic carbocycles. The first-order valence-electron chi connectivity index (χ1n) is 8.30. The lowest BCUT2D eigenvalue weighted by Gasteiger charge is -2.23. The second kappa shape index (κ2) is 5.71. The van der Waals surface area contributed by atoms with Crippen LogP contribution in [0.25, 0.3) is 10.9 Å². The van der Waals surface area contributed by atoms with E-state index in [0.717, 1.165) is 19.3 Å². The molecule has 1 atom stereocenters. The lowest BCUT2D eigenvalue weighted by atomic mass is 9.91. The van der Waals surface area contributed by atoms with Crippen molar-refractivity contribution in [3.05, 3.63) is 64.8 Å². The molecule has 1 aromatic heterocycles. The van der Waals surface area contributed by atoms with Crippen LogP contribution in [-0.2, 0) is 12.8 Å². The summed E-state index contributed by atoms with van der Waals surface area (Å²) in [4.78, 5) is 15.9. The van der Waals surface area contributed by atoms with Crippen LogP contribution in [0.15, 0.2) is 42.5 Å². The summed E-state index contributed by atoms with van der Waals surface area (Å²) in [6, 6.07) is 13.1. The highest BCUT2D eigenvalue weighted by Gasteiger charge is 2.24. The van der Waals surface area contributed by atoms with E-state index in [-0.39, 0.29) is 17.7 Å². The van der Waals surface area contributed by atoms with Gasteiger partial charge in [-0.3, -0.25) is 4.79 Å². The Kier molecular flexibility index (Phi) is 3.53. The fourth-order valence-corrected chi connectivity index (χ4v) is 3.58. The molecule has 1 unspecified atom stereocenters. The number of phenolic OH excluding ortho intramolecular Hbond substituents is 1. The molecule has 1 aliphatic rings. The monoisotopic (exact) mass is 320 g/mol. The molecule has 3 N–H and O–H groups in total. The number of aromatic hydroxyl groups is 1. The molecule has 2 aromatic carbocycles. The number of hydrogen-bond acceptors (Lipinski definition) is 2. The highest BCUT2D eigenvalue weighted by molar-refractivity contribution is 5.94. The van der Waals surface area contributed by atoms with Gasteiger partial charge < -0.3 is 15.4 Å². The van der Waals surface area contributed by atoms with Gasteiger partial charge in [-0.1, -0.05) is 17.7 Å². The van der Waals surface area contributed by atoms with Crippen molar-refractivity contribution >= 4 is 16.8 Å². The van der Waals surface area contributed by atoms with E-state index in [2.05, 4.69) is 35.4 Å². The standard InChI is InChI=1S/C20H20N2O2/c1-12-5-8-18-17(9-12)16-7-6-14(11-19(16)22-18)21-20(24)13-3-2-4-15(23)10-13/h2-5,8-10,14,22-23H,6-7,11H2,1H3,(H,21,24). The number of fused-ring (bicyclic) bond motifs is 3. The van der Waals surface area contributed by atoms with Crippen LogP contribution in [0.1, 0.15) is 33.6 Å². The third kappa shape index (κ3) is 2.64. The molecule has 0 radical (unpaired) electrons. The molecule has 0 saturated heterocycles. The fraction of sp³-hybridized carbons (Fsp3) is 0.250. The predicted molar refractivity (Wildman–Crippen MR) is 94.4 cm³/mol. The molecule has 0 aliphatic heterocycles. The van der Waals surface area contributed by atoms with Gasteiger partial charge in [0.15, 0.2) is 0 Å². The number of hydrogen-bond donors (Lipinski definition) is 3. The van der Waals surface area contributed by atoms with E-state index in [0.29, 0.717) is 5.56 Å². The van der Waals surface area contributed by atoms with Crippen LogP contribution < -0.4 is 5.32 Å². The quantitative estimate of drug-likeness (QED) is 0.677. The third-order valence-corrected chi connectivity index (χ3v) is 4.79. The number of benzene rings is 2. The van der Waals surface area contributed by atoms with Crippen molar-refractivity contribution < 1.29 is 9.90 Å². The zero-order valence-corrected chi connectivity index (χ0v) is 13.6. The molecule has 1 heterocycles. The van der Waals surface area contributed by atoms with Crippen LogP contribution in [0.4, 0.5) is 0 Å². The van der Waals surface area contributed by atoms with Gasteiger partial charge in [-0.05, 0) is 55.7 Å². The van der Waals surface area contributed by atoms with Crippen molar-refractivity contribution in [1.29, 1.82) is 0 Å². The maximum Gasteiger partial charge on any atom is 0.251 e. The summed E-state index contributed by atoms with van der Waals surface area (Å²) < 4.78 is 0. The van der Waals surface area contributed by atoms with Crippen LogP contribution >= 0.6 is 0 Å². The van der Waals surface area contributed by atoms with Crippen LogP contribution in [-0.4, -0.2) is 22.0 Å². The first-order valence-corrected chi connectivity index (χ1v) is 8.30. The number of carbonyl (C=O) groups excluding carboxylic acids is 1. The Morgan fingerprint density at radius 1 is 1.25 bits per heavy atom. The predicted octanol–water partition coefficient (Wildman–Crippen LogP) is 3.47. The molecule has 4 nitrogen and oxygen atoms in total. The summed E-state index contributed by atoms with van der Waals surface area (Å²) in [5, 5.41) is 13.9. The Morgan fingerprint density at radius 2 is 2.12 bits per heavy atom. The van der Waals surface area contributed by atoms with E-state index in [1.165, 1.54) is 33.8 Å². The van der Waals surface area contributed by atoms with Gasteiger partial charge in [0.25, 0.3) is 5.91 Å². The van der Waals surface area contributed by atoms with Crippen molar-refractivity contribution in [3.8, 4) is 5.75 Å². The Labute approximate surface area is 140 Å². The Balaban J connectivity index is 1.54. The average Bonchev–Trinajstić information content (AvgIpc) is 2.92. The van der Waals surface area contributed by atoms with E-state index in [9.17, 15) is 9.90 Å². The van der Waals surface area contributed by atoms with Crippen LogP contribution in [0.3, 0.4) is 0 Å². The van der Waals surface area contributed by atoms with Gasteiger partial charge in [-0.2, -0.15) is 0 Å². The molecule has 4 heteroatoms. The summed E-state index contributed by atoms with van der Waals surface area (Å²) in [6.45, 7) is 2.11. The Morgan fingerprint density at radius 3 is 2.96 bits per heavy atom. The molecule has 0 fully saturated rings. The van der Waals surface area contributed by atoms with Crippen LogP contribution in [0.2, 0.25) is 0 Å². The van der Waals surface area contributed by atoms with Crippen molar-refractivity contribution in [1.82, 2.24) is 10.3 Å².